The van der Waals surface area contributed by atoms with Crippen molar-refractivity contribution < 1.29 is 32.0 Å². The molecule has 0 aliphatic rings. The number of alkyl halides is 2. The minimum Gasteiger partial charge on any atom is -0.354 e. The summed E-state index contributed by atoms with van der Waals surface area (Å²) in [5.74, 6) is -0.0732. The molecule has 1 aromatic carbocycles. The zero-order valence-corrected chi connectivity index (χ0v) is 21.5. The van der Waals surface area contributed by atoms with E-state index in [-0.39, 0.29) is 35.9 Å². The van der Waals surface area contributed by atoms with Gasteiger partial charge in [-0.3, -0.25) is 14.2 Å². The standard InChI is InChI=1S/C20H26F2NO5PS3/c1-13(2)19(25)31-10-8-28-29(26,27-7-9-30-4)20(21,22)15-5-6-16-14(11-15)12-17(32-16)18(24)23-3/h5-6,11-13H,7-10H2,1-4H3,(H,23,24). The van der Waals surface area contributed by atoms with Gasteiger partial charge in [0.05, 0.1) is 18.1 Å². The van der Waals surface area contributed by atoms with Crippen molar-refractivity contribution in [2.45, 2.75) is 19.5 Å². The molecule has 2 rings (SSSR count). The molecule has 0 spiro atoms. The number of thioether (sulfide) groups is 2. The van der Waals surface area contributed by atoms with E-state index in [0.29, 0.717) is 20.7 Å². The molecule has 1 aromatic heterocycles. The smallest absolute Gasteiger partial charge is 0.354 e. The molecular formula is C20H26F2NO5PS3. The van der Waals surface area contributed by atoms with Crippen molar-refractivity contribution in [1.82, 2.24) is 5.32 Å². The molecule has 0 fully saturated rings. The molecular weight excluding hydrogens is 499 g/mol. The highest BCUT2D eigenvalue weighted by Crippen LogP contribution is 2.67. The summed E-state index contributed by atoms with van der Waals surface area (Å²) in [6.07, 6.45) is 1.77. The van der Waals surface area contributed by atoms with Gasteiger partial charge >= 0.3 is 13.3 Å². The van der Waals surface area contributed by atoms with E-state index < -0.39 is 18.8 Å². The number of fused-ring (bicyclic) bond motifs is 1. The molecule has 0 bridgehead atoms. The summed E-state index contributed by atoms with van der Waals surface area (Å²) in [6, 6.07) is 5.33. The molecule has 1 amide bonds. The van der Waals surface area contributed by atoms with Crippen LogP contribution >= 0.6 is 42.5 Å². The van der Waals surface area contributed by atoms with E-state index in [1.54, 1.807) is 20.1 Å². The second kappa shape index (κ2) is 11.9. The first-order valence-corrected chi connectivity index (χ1v) is 14.5. The molecule has 0 radical (unpaired) electrons. The van der Waals surface area contributed by atoms with Crippen molar-refractivity contribution in [3.63, 3.8) is 0 Å². The Labute approximate surface area is 198 Å². The number of rotatable bonds is 12. The van der Waals surface area contributed by atoms with E-state index in [2.05, 4.69) is 5.32 Å². The first kappa shape index (κ1) is 27.3. The summed E-state index contributed by atoms with van der Waals surface area (Å²) in [5, 5.41) is 2.82. The van der Waals surface area contributed by atoms with Crippen molar-refractivity contribution in [1.29, 1.82) is 0 Å². The Morgan fingerprint density at radius 3 is 2.44 bits per heavy atom. The monoisotopic (exact) mass is 525 g/mol. The number of amides is 1. The molecule has 178 valence electrons. The highest BCUT2D eigenvalue weighted by atomic mass is 32.2. The van der Waals surface area contributed by atoms with Crippen LogP contribution < -0.4 is 5.32 Å². The number of hydrogen-bond acceptors (Lipinski definition) is 8. The summed E-state index contributed by atoms with van der Waals surface area (Å²) < 4.78 is 55.0. The maximum absolute atomic E-state index is 15.4. The van der Waals surface area contributed by atoms with Gasteiger partial charge in [0.25, 0.3) is 5.91 Å². The van der Waals surface area contributed by atoms with Gasteiger partial charge in [0.15, 0.2) is 5.12 Å². The van der Waals surface area contributed by atoms with Crippen molar-refractivity contribution in [2.75, 3.05) is 38.0 Å². The fourth-order valence-electron chi connectivity index (χ4n) is 2.53. The maximum Gasteiger partial charge on any atom is 0.404 e. The van der Waals surface area contributed by atoms with Crippen molar-refractivity contribution in [3.05, 3.63) is 34.7 Å². The minimum atomic E-state index is -4.90. The normalized spacial score (nSPS) is 14.0. The van der Waals surface area contributed by atoms with E-state index in [1.165, 1.54) is 48.3 Å². The number of carbonyl (C=O) groups excluding carboxylic acids is 2. The number of carbonyl (C=O) groups is 2. The Kier molecular flexibility index (Phi) is 10.2. The first-order valence-electron chi connectivity index (χ1n) is 9.74. The third-order valence-corrected chi connectivity index (χ3v) is 9.07. The lowest BCUT2D eigenvalue weighted by Gasteiger charge is -2.26. The number of thiophene rings is 1. The van der Waals surface area contributed by atoms with Crippen LogP contribution in [-0.2, 0) is 24.1 Å². The van der Waals surface area contributed by atoms with E-state index in [0.717, 1.165) is 17.8 Å². The largest absolute Gasteiger partial charge is 0.404 e. The molecule has 1 atom stereocenters. The summed E-state index contributed by atoms with van der Waals surface area (Å²) in [4.78, 5) is 23.9. The number of nitrogens with one attached hydrogen (secondary N) is 1. The number of benzene rings is 1. The molecule has 1 heterocycles. The summed E-state index contributed by atoms with van der Waals surface area (Å²) in [7, 11) is -3.42. The van der Waals surface area contributed by atoms with Gasteiger partial charge in [-0.2, -0.15) is 20.5 Å². The van der Waals surface area contributed by atoms with Gasteiger partial charge in [0.1, 0.15) is 0 Å². The number of hydrogen-bond donors (Lipinski definition) is 1. The minimum absolute atomic E-state index is 0.0853. The SMILES string of the molecule is CNC(=O)c1cc2cc(C(F)(F)P(=O)(OCCSC)OCCSC(=O)C(C)C)ccc2s1. The Morgan fingerprint density at radius 1 is 1.19 bits per heavy atom. The maximum atomic E-state index is 15.4. The van der Waals surface area contributed by atoms with Crippen LogP contribution in [0.2, 0.25) is 0 Å². The predicted molar refractivity (Wildman–Crippen MR) is 129 cm³/mol. The fraction of sp³-hybridized carbons (Fsp3) is 0.500. The summed E-state index contributed by atoms with van der Waals surface area (Å²) in [5.41, 5.74) is -4.44. The van der Waals surface area contributed by atoms with Crippen molar-refractivity contribution >= 4 is 63.6 Å². The molecule has 0 saturated carbocycles. The molecule has 1 N–H and O–H groups in total. The van der Waals surface area contributed by atoms with Gasteiger partial charge in [-0.05, 0) is 29.8 Å². The van der Waals surface area contributed by atoms with E-state index in [9.17, 15) is 14.2 Å². The third kappa shape index (κ3) is 6.55. The topological polar surface area (TPSA) is 81.7 Å². The molecule has 0 aliphatic carbocycles. The highest BCUT2D eigenvalue weighted by molar-refractivity contribution is 8.13. The Morgan fingerprint density at radius 2 is 1.84 bits per heavy atom. The van der Waals surface area contributed by atoms with Crippen LogP contribution in [0.4, 0.5) is 8.78 Å². The molecule has 1 unspecified atom stereocenters. The summed E-state index contributed by atoms with van der Waals surface area (Å²) in [6.45, 7) is 2.97. The van der Waals surface area contributed by atoms with Gasteiger partial charge in [-0.1, -0.05) is 31.7 Å². The van der Waals surface area contributed by atoms with E-state index >= 15 is 8.78 Å². The molecule has 12 heteroatoms. The zero-order valence-electron chi connectivity index (χ0n) is 18.2. The lowest BCUT2D eigenvalue weighted by Crippen LogP contribution is -2.20. The summed E-state index contributed by atoms with van der Waals surface area (Å²) >= 11 is 3.47. The van der Waals surface area contributed by atoms with Crippen LogP contribution in [0, 0.1) is 5.92 Å². The molecule has 32 heavy (non-hydrogen) atoms. The number of halogens is 2. The Balaban J connectivity index is 2.28. The average Bonchev–Trinajstić information content (AvgIpc) is 3.19. The zero-order chi connectivity index (χ0) is 23.9. The third-order valence-electron chi connectivity index (χ3n) is 4.27. The second-order valence-corrected chi connectivity index (χ2v) is 12.2. The average molecular weight is 526 g/mol. The van der Waals surface area contributed by atoms with Gasteiger partial charge in [0.2, 0.25) is 0 Å². The van der Waals surface area contributed by atoms with Crippen LogP contribution in [0.15, 0.2) is 24.3 Å². The molecule has 6 nitrogen and oxygen atoms in total. The van der Waals surface area contributed by atoms with Crippen molar-refractivity contribution in [2.24, 2.45) is 5.92 Å². The Bertz CT molecular complexity index is 999. The van der Waals surface area contributed by atoms with Crippen LogP contribution in [0.25, 0.3) is 10.1 Å². The molecule has 2 aromatic rings. The van der Waals surface area contributed by atoms with Crippen LogP contribution in [0.1, 0.15) is 29.1 Å². The lowest BCUT2D eigenvalue weighted by atomic mass is 10.1. The van der Waals surface area contributed by atoms with Crippen LogP contribution in [-0.4, -0.2) is 49.0 Å². The van der Waals surface area contributed by atoms with Crippen LogP contribution in [0.3, 0.4) is 0 Å². The van der Waals surface area contributed by atoms with Gasteiger partial charge in [0, 0.05) is 34.7 Å². The molecule has 0 aliphatic heterocycles. The first-order chi connectivity index (χ1) is 15.1. The second-order valence-electron chi connectivity index (χ2n) is 6.96. The van der Waals surface area contributed by atoms with E-state index in [1.807, 2.05) is 0 Å². The highest BCUT2D eigenvalue weighted by Gasteiger charge is 2.55. The van der Waals surface area contributed by atoms with Crippen LogP contribution in [0.5, 0.6) is 0 Å². The van der Waals surface area contributed by atoms with E-state index in [4.69, 9.17) is 9.05 Å². The molecule has 0 saturated heterocycles. The quantitative estimate of drug-likeness (QED) is 0.276. The lowest BCUT2D eigenvalue weighted by molar-refractivity contribution is -0.113. The van der Waals surface area contributed by atoms with Crippen molar-refractivity contribution in [3.8, 4) is 0 Å². The fourth-order valence-corrected chi connectivity index (χ4v) is 6.24. The van der Waals surface area contributed by atoms with Gasteiger partial charge in [-0.15, -0.1) is 11.3 Å². The van der Waals surface area contributed by atoms with Gasteiger partial charge in [-0.25, -0.2) is 0 Å². The Hall–Kier alpha value is -0.970. The predicted octanol–water partition coefficient (Wildman–Crippen LogP) is 5.82. The van der Waals surface area contributed by atoms with Gasteiger partial charge < -0.3 is 14.4 Å².